The van der Waals surface area contributed by atoms with E-state index in [2.05, 4.69) is 10.2 Å². The maximum atomic E-state index is 13.1. The number of carbonyl (C=O) groups excluding carboxylic acids is 2. The number of aliphatic hydroxyl groups excluding tert-OH is 1. The largest absolute Gasteiger partial charge is 0.497 e. The molecule has 0 aromatic heterocycles. The van der Waals surface area contributed by atoms with Gasteiger partial charge in [0.05, 0.1) is 19.3 Å². The molecule has 0 aliphatic carbocycles. The van der Waals surface area contributed by atoms with Crippen LogP contribution in [-0.4, -0.2) is 71.7 Å². The smallest absolute Gasteiger partial charge is 0.253 e. The summed E-state index contributed by atoms with van der Waals surface area (Å²) in [4.78, 5) is 29.7. The summed E-state index contributed by atoms with van der Waals surface area (Å²) in [5.41, 5.74) is 1.42. The van der Waals surface area contributed by atoms with Crippen LogP contribution in [0.5, 0.6) is 5.75 Å². The first-order valence-electron chi connectivity index (χ1n) is 11.3. The number of amides is 2. The van der Waals surface area contributed by atoms with Gasteiger partial charge in [0.1, 0.15) is 11.6 Å². The van der Waals surface area contributed by atoms with Crippen LogP contribution in [0.15, 0.2) is 48.5 Å². The number of halogens is 1. The van der Waals surface area contributed by atoms with Gasteiger partial charge in [0.25, 0.3) is 5.91 Å². The van der Waals surface area contributed by atoms with E-state index in [4.69, 9.17) is 4.74 Å². The van der Waals surface area contributed by atoms with E-state index < -0.39 is 12.1 Å². The van der Waals surface area contributed by atoms with E-state index in [0.717, 1.165) is 18.4 Å². The van der Waals surface area contributed by atoms with E-state index in [-0.39, 0.29) is 23.7 Å². The lowest BCUT2D eigenvalue weighted by Gasteiger charge is -2.39. The summed E-state index contributed by atoms with van der Waals surface area (Å²) in [6.45, 7) is 1.95. The maximum Gasteiger partial charge on any atom is 0.253 e. The summed E-state index contributed by atoms with van der Waals surface area (Å²) >= 11 is 0. The molecule has 4 rings (SSSR count). The van der Waals surface area contributed by atoms with Crippen LogP contribution < -0.4 is 10.1 Å². The number of hydrogen-bond acceptors (Lipinski definition) is 5. The maximum absolute atomic E-state index is 13.1. The molecule has 2 heterocycles. The predicted octanol–water partition coefficient (Wildman–Crippen LogP) is 2.19. The van der Waals surface area contributed by atoms with Crippen molar-refractivity contribution in [1.29, 1.82) is 0 Å². The summed E-state index contributed by atoms with van der Waals surface area (Å²) < 4.78 is 18.3. The van der Waals surface area contributed by atoms with E-state index in [9.17, 15) is 19.1 Å². The first-order valence-corrected chi connectivity index (χ1v) is 11.3. The zero-order valence-corrected chi connectivity index (χ0v) is 18.7. The predicted molar refractivity (Wildman–Crippen MR) is 121 cm³/mol. The van der Waals surface area contributed by atoms with E-state index >= 15 is 0 Å². The monoisotopic (exact) mass is 455 g/mol. The molecule has 0 bridgehead atoms. The van der Waals surface area contributed by atoms with Crippen LogP contribution in [0.1, 0.15) is 35.2 Å². The molecule has 2 saturated heterocycles. The van der Waals surface area contributed by atoms with E-state index in [1.54, 1.807) is 37.4 Å². The Kier molecular flexibility index (Phi) is 7.25. The minimum Gasteiger partial charge on any atom is -0.497 e. The van der Waals surface area contributed by atoms with Gasteiger partial charge in [-0.05, 0) is 55.2 Å². The lowest BCUT2D eigenvalue weighted by molar-refractivity contribution is -0.126. The normalized spacial score (nSPS) is 21.7. The van der Waals surface area contributed by atoms with Gasteiger partial charge in [-0.15, -0.1) is 0 Å². The second kappa shape index (κ2) is 10.3. The zero-order chi connectivity index (χ0) is 23.4. The first kappa shape index (κ1) is 23.2. The van der Waals surface area contributed by atoms with E-state index in [0.29, 0.717) is 43.9 Å². The number of aliphatic hydroxyl groups is 1. The molecule has 2 atom stereocenters. The van der Waals surface area contributed by atoms with Gasteiger partial charge in [-0.3, -0.25) is 14.5 Å². The van der Waals surface area contributed by atoms with Crippen molar-refractivity contribution in [3.8, 4) is 5.75 Å². The highest BCUT2D eigenvalue weighted by Gasteiger charge is 2.41. The Hall–Kier alpha value is -2.97. The molecule has 2 aliphatic rings. The van der Waals surface area contributed by atoms with Crippen molar-refractivity contribution >= 4 is 11.8 Å². The number of nitrogens with one attached hydrogen (secondary N) is 1. The first-order chi connectivity index (χ1) is 15.9. The molecule has 7 nitrogen and oxygen atoms in total. The van der Waals surface area contributed by atoms with Crippen LogP contribution in [0, 0.1) is 5.82 Å². The number of ether oxygens (including phenoxy) is 1. The number of β-amino-alcohol motifs (C(OH)–C–C–N with tert-alkyl or cyclic N) is 1. The Balaban J connectivity index is 1.33. The third kappa shape index (κ3) is 5.51. The van der Waals surface area contributed by atoms with Gasteiger partial charge in [0, 0.05) is 37.8 Å². The molecule has 8 heteroatoms. The number of benzene rings is 2. The molecule has 2 aliphatic heterocycles. The van der Waals surface area contributed by atoms with Gasteiger partial charge < -0.3 is 20.1 Å². The number of likely N-dealkylation sites (tertiary alicyclic amines) is 2. The van der Waals surface area contributed by atoms with Gasteiger partial charge in [0.2, 0.25) is 5.91 Å². The highest BCUT2D eigenvalue weighted by molar-refractivity contribution is 5.94. The zero-order valence-electron chi connectivity index (χ0n) is 18.7. The number of nitrogens with zero attached hydrogens (tertiary/aromatic N) is 2. The van der Waals surface area contributed by atoms with Gasteiger partial charge >= 0.3 is 0 Å². The molecule has 0 spiro atoms. The minimum absolute atomic E-state index is 0.0256. The van der Waals surface area contributed by atoms with Gasteiger partial charge in [0.15, 0.2) is 0 Å². The molecule has 2 N–H and O–H groups in total. The van der Waals surface area contributed by atoms with Crippen LogP contribution in [0.3, 0.4) is 0 Å². The molecule has 2 aromatic carbocycles. The number of methoxy groups -OCH3 is 1. The Morgan fingerprint density at radius 1 is 1.15 bits per heavy atom. The average molecular weight is 456 g/mol. The molecule has 33 heavy (non-hydrogen) atoms. The molecule has 0 unspecified atom stereocenters. The quantitative estimate of drug-likeness (QED) is 0.698. The third-order valence-corrected chi connectivity index (χ3v) is 6.54. The number of rotatable bonds is 6. The molecular weight excluding hydrogens is 425 g/mol. The van der Waals surface area contributed by atoms with Crippen LogP contribution >= 0.6 is 0 Å². The van der Waals surface area contributed by atoms with Gasteiger partial charge in [-0.25, -0.2) is 4.39 Å². The fraction of sp³-hybridized carbons (Fsp3) is 0.440. The topological polar surface area (TPSA) is 82.1 Å². The molecule has 0 radical (unpaired) electrons. The van der Waals surface area contributed by atoms with Gasteiger partial charge in [-0.2, -0.15) is 0 Å². The second-order valence-corrected chi connectivity index (χ2v) is 8.70. The summed E-state index contributed by atoms with van der Waals surface area (Å²) in [5, 5.41) is 13.2. The fourth-order valence-electron chi connectivity index (χ4n) is 4.75. The molecular formula is C25H30FN3O4. The van der Waals surface area contributed by atoms with Crippen molar-refractivity contribution in [1.82, 2.24) is 15.1 Å². The highest BCUT2D eigenvalue weighted by Crippen LogP contribution is 2.27. The lowest BCUT2D eigenvalue weighted by atomic mass is 10.0. The Bertz CT molecular complexity index is 976. The standard InChI is InChI=1S/C25H30FN3O4/c1-33-22-4-2-3-18(13-22)25(32)28-11-9-20(10-12-28)29-16-21(30)14-23(29)24(31)27-15-17-5-7-19(26)8-6-17/h2-8,13,20-21,23,30H,9-12,14-16H2,1H3,(H,27,31)/t21-,23+/m1/s1. The van der Waals surface area contributed by atoms with E-state index in [1.165, 1.54) is 12.1 Å². The fourth-order valence-corrected chi connectivity index (χ4v) is 4.75. The van der Waals surface area contributed by atoms with Crippen molar-refractivity contribution in [2.75, 3.05) is 26.7 Å². The molecule has 2 fully saturated rings. The Morgan fingerprint density at radius 2 is 1.88 bits per heavy atom. The van der Waals surface area contributed by atoms with Crippen LogP contribution in [0.25, 0.3) is 0 Å². The average Bonchev–Trinajstić information content (AvgIpc) is 3.25. The van der Waals surface area contributed by atoms with Crippen molar-refractivity contribution in [2.24, 2.45) is 0 Å². The summed E-state index contributed by atoms with van der Waals surface area (Å²) in [6, 6.07) is 12.9. The molecule has 0 saturated carbocycles. The van der Waals surface area contributed by atoms with Crippen LogP contribution in [-0.2, 0) is 11.3 Å². The molecule has 2 aromatic rings. The SMILES string of the molecule is COc1cccc(C(=O)N2CCC(N3C[C@H](O)C[C@H]3C(=O)NCc3ccc(F)cc3)CC2)c1. The lowest BCUT2D eigenvalue weighted by Crippen LogP contribution is -2.52. The van der Waals surface area contributed by atoms with Crippen molar-refractivity contribution in [3.63, 3.8) is 0 Å². The Labute approximate surface area is 193 Å². The van der Waals surface area contributed by atoms with Crippen LogP contribution in [0.4, 0.5) is 4.39 Å². The Morgan fingerprint density at radius 3 is 2.58 bits per heavy atom. The number of carbonyl (C=O) groups is 2. The number of hydrogen-bond donors (Lipinski definition) is 2. The van der Waals surface area contributed by atoms with Crippen molar-refractivity contribution < 1.29 is 23.8 Å². The summed E-state index contributed by atoms with van der Waals surface area (Å²) in [5.74, 6) is 0.177. The number of piperidine rings is 1. The second-order valence-electron chi connectivity index (χ2n) is 8.70. The van der Waals surface area contributed by atoms with Crippen molar-refractivity contribution in [3.05, 3.63) is 65.5 Å². The molecule has 176 valence electrons. The third-order valence-electron chi connectivity index (χ3n) is 6.54. The van der Waals surface area contributed by atoms with Crippen LogP contribution in [0.2, 0.25) is 0 Å². The van der Waals surface area contributed by atoms with Gasteiger partial charge in [-0.1, -0.05) is 18.2 Å². The highest BCUT2D eigenvalue weighted by atomic mass is 19.1. The van der Waals surface area contributed by atoms with Crippen molar-refractivity contribution in [2.45, 2.75) is 44.0 Å². The minimum atomic E-state index is -0.553. The summed E-state index contributed by atoms with van der Waals surface area (Å²) in [7, 11) is 1.58. The molecule has 2 amide bonds. The summed E-state index contributed by atoms with van der Waals surface area (Å²) in [6.07, 6.45) is 1.31. The van der Waals surface area contributed by atoms with E-state index in [1.807, 2.05) is 11.0 Å².